The monoisotopic (exact) mass is 247 g/mol. The van der Waals surface area contributed by atoms with Crippen molar-refractivity contribution in [1.82, 2.24) is 19.7 Å². The summed E-state index contributed by atoms with van der Waals surface area (Å²) in [6.07, 6.45) is 5.99. The minimum absolute atomic E-state index is 0.184. The van der Waals surface area contributed by atoms with E-state index in [4.69, 9.17) is 10.5 Å². The van der Waals surface area contributed by atoms with Gasteiger partial charge in [-0.1, -0.05) is 0 Å². The molecule has 0 aliphatic carbocycles. The van der Waals surface area contributed by atoms with Crippen LogP contribution < -0.4 is 10.5 Å². The van der Waals surface area contributed by atoms with Gasteiger partial charge in [-0.05, 0) is 18.9 Å². The van der Waals surface area contributed by atoms with Crippen molar-refractivity contribution in [1.29, 1.82) is 0 Å². The van der Waals surface area contributed by atoms with E-state index in [2.05, 4.69) is 15.1 Å². The van der Waals surface area contributed by atoms with Crippen LogP contribution in [0.25, 0.3) is 0 Å². The first kappa shape index (κ1) is 12.5. The minimum atomic E-state index is -0.184. The third-order valence-corrected chi connectivity index (χ3v) is 2.72. The van der Waals surface area contributed by atoms with Crippen LogP contribution in [-0.4, -0.2) is 26.9 Å². The number of nitrogens with two attached hydrogens (primary N) is 1. The van der Waals surface area contributed by atoms with E-state index in [9.17, 15) is 0 Å². The lowest BCUT2D eigenvalue weighted by atomic mass is 10.1. The summed E-state index contributed by atoms with van der Waals surface area (Å²) in [5.41, 5.74) is 7.99. The van der Waals surface area contributed by atoms with Gasteiger partial charge in [0.2, 0.25) is 5.88 Å². The van der Waals surface area contributed by atoms with Gasteiger partial charge in [0.05, 0.1) is 25.0 Å². The molecule has 0 saturated heterocycles. The Hall–Kier alpha value is -1.95. The number of hydrogen-bond acceptors (Lipinski definition) is 5. The molecule has 6 heteroatoms. The maximum atomic E-state index is 6.12. The second kappa shape index (κ2) is 5.59. The number of rotatable bonds is 5. The molecule has 0 aliphatic rings. The highest BCUT2D eigenvalue weighted by Crippen LogP contribution is 2.16. The van der Waals surface area contributed by atoms with Crippen LogP contribution in [0.1, 0.15) is 24.2 Å². The van der Waals surface area contributed by atoms with Crippen LogP contribution in [0.15, 0.2) is 24.8 Å². The van der Waals surface area contributed by atoms with Gasteiger partial charge in [-0.15, -0.1) is 0 Å². The fraction of sp³-hybridized carbons (Fsp3) is 0.417. The first-order chi connectivity index (χ1) is 8.72. The summed E-state index contributed by atoms with van der Waals surface area (Å²) in [5.74, 6) is 0.528. The third-order valence-electron chi connectivity index (χ3n) is 2.72. The Bertz CT molecular complexity index is 511. The van der Waals surface area contributed by atoms with Gasteiger partial charge < -0.3 is 10.5 Å². The lowest BCUT2D eigenvalue weighted by Gasteiger charge is -2.10. The number of aromatic nitrogens is 4. The van der Waals surface area contributed by atoms with E-state index in [0.29, 0.717) is 12.3 Å². The molecule has 6 nitrogen and oxygen atoms in total. The molecule has 96 valence electrons. The van der Waals surface area contributed by atoms with Crippen molar-refractivity contribution in [3.63, 3.8) is 0 Å². The molecule has 0 aliphatic heterocycles. The van der Waals surface area contributed by atoms with Crippen LogP contribution in [0.3, 0.4) is 0 Å². The number of ether oxygens (including phenoxy) is 1. The maximum absolute atomic E-state index is 6.12. The van der Waals surface area contributed by atoms with Gasteiger partial charge in [0.25, 0.3) is 0 Å². The van der Waals surface area contributed by atoms with Gasteiger partial charge >= 0.3 is 0 Å². The first-order valence-electron chi connectivity index (χ1n) is 5.85. The van der Waals surface area contributed by atoms with Crippen LogP contribution in [0.2, 0.25) is 0 Å². The van der Waals surface area contributed by atoms with E-state index < -0.39 is 0 Å². The average molecular weight is 247 g/mol. The van der Waals surface area contributed by atoms with Crippen molar-refractivity contribution in [2.75, 3.05) is 7.11 Å². The molecule has 1 unspecified atom stereocenters. The lowest BCUT2D eigenvalue weighted by molar-refractivity contribution is 0.395. The van der Waals surface area contributed by atoms with Crippen molar-refractivity contribution >= 4 is 0 Å². The van der Waals surface area contributed by atoms with Gasteiger partial charge in [-0.25, -0.2) is 9.97 Å². The van der Waals surface area contributed by atoms with Crippen molar-refractivity contribution in [2.45, 2.75) is 25.9 Å². The SMILES string of the molecule is CCn1cc(CC(N)c2cc(OC)ncn2)cn1. The van der Waals surface area contributed by atoms with Crippen LogP contribution in [-0.2, 0) is 13.0 Å². The fourth-order valence-electron chi connectivity index (χ4n) is 1.71. The highest BCUT2D eigenvalue weighted by molar-refractivity contribution is 5.18. The molecule has 0 amide bonds. The first-order valence-corrected chi connectivity index (χ1v) is 5.85. The second-order valence-electron chi connectivity index (χ2n) is 4.00. The third kappa shape index (κ3) is 2.84. The van der Waals surface area contributed by atoms with Crippen molar-refractivity contribution in [3.05, 3.63) is 36.0 Å². The molecule has 2 heterocycles. The van der Waals surface area contributed by atoms with E-state index in [1.54, 1.807) is 13.2 Å². The van der Waals surface area contributed by atoms with E-state index in [1.165, 1.54) is 6.33 Å². The Morgan fingerprint density at radius 1 is 1.44 bits per heavy atom. The Balaban J connectivity index is 2.08. The van der Waals surface area contributed by atoms with Gasteiger partial charge in [0, 0.05) is 18.8 Å². The Kier molecular flexibility index (Phi) is 3.88. The van der Waals surface area contributed by atoms with Gasteiger partial charge in [-0.3, -0.25) is 4.68 Å². The summed E-state index contributed by atoms with van der Waals surface area (Å²) >= 11 is 0. The standard InChI is InChI=1S/C12H17N5O/c1-3-17-7-9(6-16-17)4-10(13)11-5-12(18-2)15-8-14-11/h5-8,10H,3-4,13H2,1-2H3. The summed E-state index contributed by atoms with van der Waals surface area (Å²) in [7, 11) is 1.57. The molecular weight excluding hydrogens is 230 g/mol. The zero-order valence-corrected chi connectivity index (χ0v) is 10.6. The van der Waals surface area contributed by atoms with Crippen LogP contribution in [0, 0.1) is 0 Å². The van der Waals surface area contributed by atoms with E-state index in [0.717, 1.165) is 17.8 Å². The minimum Gasteiger partial charge on any atom is -0.481 e. The van der Waals surface area contributed by atoms with Crippen molar-refractivity contribution in [2.24, 2.45) is 5.73 Å². The van der Waals surface area contributed by atoms with Gasteiger partial charge in [0.15, 0.2) is 0 Å². The second-order valence-corrected chi connectivity index (χ2v) is 4.00. The molecule has 1 atom stereocenters. The quantitative estimate of drug-likeness (QED) is 0.850. The van der Waals surface area contributed by atoms with E-state index >= 15 is 0 Å². The molecule has 0 saturated carbocycles. The summed E-state index contributed by atoms with van der Waals surface area (Å²) in [6.45, 7) is 2.91. The largest absolute Gasteiger partial charge is 0.481 e. The Morgan fingerprint density at radius 3 is 2.94 bits per heavy atom. The lowest BCUT2D eigenvalue weighted by Crippen LogP contribution is -2.15. The molecule has 2 rings (SSSR count). The molecule has 2 N–H and O–H groups in total. The molecular formula is C12H17N5O. The molecule has 2 aromatic heterocycles. The zero-order valence-electron chi connectivity index (χ0n) is 10.6. The van der Waals surface area contributed by atoms with Crippen LogP contribution in [0.4, 0.5) is 0 Å². The van der Waals surface area contributed by atoms with E-state index in [1.807, 2.05) is 24.0 Å². The molecule has 0 spiro atoms. The van der Waals surface area contributed by atoms with Gasteiger partial charge in [0.1, 0.15) is 6.33 Å². The summed E-state index contributed by atoms with van der Waals surface area (Å²) < 4.78 is 6.93. The number of hydrogen-bond donors (Lipinski definition) is 1. The molecule has 2 aromatic rings. The fourth-order valence-corrected chi connectivity index (χ4v) is 1.71. The number of nitrogens with zero attached hydrogens (tertiary/aromatic N) is 4. The number of aryl methyl sites for hydroxylation is 1. The van der Waals surface area contributed by atoms with Crippen LogP contribution >= 0.6 is 0 Å². The van der Waals surface area contributed by atoms with Crippen molar-refractivity contribution < 1.29 is 4.74 Å². The number of methoxy groups -OCH3 is 1. The molecule has 0 radical (unpaired) electrons. The zero-order chi connectivity index (χ0) is 13.0. The normalized spacial score (nSPS) is 12.4. The summed E-state index contributed by atoms with van der Waals surface area (Å²) in [5, 5.41) is 4.22. The average Bonchev–Trinajstić information content (AvgIpc) is 2.86. The summed E-state index contributed by atoms with van der Waals surface area (Å²) in [6, 6.07) is 1.57. The van der Waals surface area contributed by atoms with Crippen LogP contribution in [0.5, 0.6) is 5.88 Å². The predicted molar refractivity (Wildman–Crippen MR) is 67.1 cm³/mol. The smallest absolute Gasteiger partial charge is 0.216 e. The molecule has 0 fully saturated rings. The topological polar surface area (TPSA) is 78.9 Å². The molecule has 0 bridgehead atoms. The maximum Gasteiger partial charge on any atom is 0.216 e. The summed E-state index contributed by atoms with van der Waals surface area (Å²) in [4.78, 5) is 8.13. The highest BCUT2D eigenvalue weighted by atomic mass is 16.5. The highest BCUT2D eigenvalue weighted by Gasteiger charge is 2.11. The predicted octanol–water partition coefficient (Wildman–Crippen LogP) is 0.944. The van der Waals surface area contributed by atoms with E-state index in [-0.39, 0.29) is 6.04 Å². The van der Waals surface area contributed by atoms with Gasteiger partial charge in [-0.2, -0.15) is 5.10 Å². The molecule has 0 aromatic carbocycles. The molecule has 18 heavy (non-hydrogen) atoms. The van der Waals surface area contributed by atoms with Crippen molar-refractivity contribution in [3.8, 4) is 5.88 Å². The Labute approximate surface area is 106 Å². The Morgan fingerprint density at radius 2 is 2.28 bits per heavy atom.